The molecule has 0 heterocycles. The molecule has 0 fully saturated rings. The van der Waals surface area contributed by atoms with Crippen molar-refractivity contribution in [3.05, 3.63) is 83.4 Å². The van der Waals surface area contributed by atoms with E-state index in [9.17, 15) is 5.11 Å². The van der Waals surface area contributed by atoms with Crippen LogP contribution in [0.1, 0.15) is 16.7 Å². The Morgan fingerprint density at radius 2 is 1.52 bits per heavy atom. The molecule has 3 aromatic carbocycles. The van der Waals surface area contributed by atoms with Gasteiger partial charge in [-0.2, -0.15) is 0 Å². The molecular formula is C21H19NO. The highest BCUT2D eigenvalue weighted by atomic mass is 16.3. The lowest BCUT2D eigenvalue weighted by Gasteiger charge is -2.09. The lowest BCUT2D eigenvalue weighted by atomic mass is 9.99. The molecule has 0 saturated heterocycles. The summed E-state index contributed by atoms with van der Waals surface area (Å²) in [6, 6.07) is 21.8. The minimum atomic E-state index is 0.262. The van der Waals surface area contributed by atoms with E-state index >= 15 is 0 Å². The number of hydrogen-bond acceptors (Lipinski definition) is 2. The van der Waals surface area contributed by atoms with Gasteiger partial charge in [-0.1, -0.05) is 48.0 Å². The number of aromatic hydroxyl groups is 1. The number of phenolic OH excluding ortho intramolecular Hbond substituents is 1. The van der Waals surface area contributed by atoms with E-state index in [4.69, 9.17) is 0 Å². The fraction of sp³-hybridized carbons (Fsp3) is 0.0952. The summed E-state index contributed by atoms with van der Waals surface area (Å²) in [5.41, 5.74) is 5.72. The van der Waals surface area contributed by atoms with Gasteiger partial charge in [-0.15, -0.1) is 0 Å². The topological polar surface area (TPSA) is 32.6 Å². The van der Waals surface area contributed by atoms with Crippen molar-refractivity contribution < 1.29 is 5.11 Å². The Kier molecular flexibility index (Phi) is 4.24. The number of hydrogen-bond donors (Lipinski definition) is 1. The van der Waals surface area contributed by atoms with Crippen LogP contribution in [0.4, 0.5) is 5.69 Å². The van der Waals surface area contributed by atoms with Crippen LogP contribution in [0.25, 0.3) is 11.1 Å². The summed E-state index contributed by atoms with van der Waals surface area (Å²) in [4.78, 5) is 4.47. The first-order valence-electron chi connectivity index (χ1n) is 7.63. The first-order chi connectivity index (χ1) is 11.1. The van der Waals surface area contributed by atoms with Gasteiger partial charge in [-0.05, 0) is 49.2 Å². The monoisotopic (exact) mass is 301 g/mol. The van der Waals surface area contributed by atoms with E-state index in [2.05, 4.69) is 4.99 Å². The largest absolute Gasteiger partial charge is 0.507 e. The minimum absolute atomic E-state index is 0.262. The van der Waals surface area contributed by atoms with Crippen molar-refractivity contribution in [2.75, 3.05) is 0 Å². The second-order valence-corrected chi connectivity index (χ2v) is 5.71. The van der Waals surface area contributed by atoms with E-state index in [0.717, 1.165) is 27.9 Å². The zero-order valence-corrected chi connectivity index (χ0v) is 13.3. The van der Waals surface area contributed by atoms with Gasteiger partial charge in [0.15, 0.2) is 0 Å². The molecule has 0 aliphatic rings. The molecule has 0 atom stereocenters. The van der Waals surface area contributed by atoms with Gasteiger partial charge in [0.1, 0.15) is 5.75 Å². The maximum Gasteiger partial charge on any atom is 0.132 e. The molecule has 0 radical (unpaired) electrons. The van der Waals surface area contributed by atoms with Gasteiger partial charge in [0.25, 0.3) is 0 Å². The van der Waals surface area contributed by atoms with E-state index < -0.39 is 0 Å². The number of benzene rings is 3. The number of aliphatic imine (C=N–C) groups is 1. The highest BCUT2D eigenvalue weighted by Gasteiger charge is 2.09. The lowest BCUT2D eigenvalue weighted by molar-refractivity contribution is 0.476. The van der Waals surface area contributed by atoms with Crippen molar-refractivity contribution >= 4 is 11.9 Å². The third-order valence-electron chi connectivity index (χ3n) is 3.76. The molecule has 2 heteroatoms. The molecule has 0 amide bonds. The molecule has 2 nitrogen and oxygen atoms in total. The van der Waals surface area contributed by atoms with Crippen molar-refractivity contribution in [2.24, 2.45) is 4.99 Å². The first kappa shape index (κ1) is 15.0. The molecule has 0 aliphatic carbocycles. The maximum absolute atomic E-state index is 10.6. The fourth-order valence-corrected chi connectivity index (χ4v) is 2.52. The summed E-state index contributed by atoms with van der Waals surface area (Å²) in [5, 5.41) is 10.6. The molecule has 23 heavy (non-hydrogen) atoms. The van der Waals surface area contributed by atoms with Crippen LogP contribution in [-0.4, -0.2) is 11.3 Å². The molecule has 3 rings (SSSR count). The van der Waals surface area contributed by atoms with Gasteiger partial charge in [0, 0.05) is 17.3 Å². The normalized spacial score (nSPS) is 11.0. The van der Waals surface area contributed by atoms with Crippen LogP contribution < -0.4 is 0 Å². The number of phenols is 1. The van der Waals surface area contributed by atoms with E-state index in [0.29, 0.717) is 0 Å². The SMILES string of the molecule is Cc1ccc(N=Cc2cc(C)cc(-c3ccccc3)c2O)cc1. The average Bonchev–Trinajstić information content (AvgIpc) is 2.57. The Hall–Kier alpha value is -2.87. The predicted octanol–water partition coefficient (Wildman–Crippen LogP) is 5.43. The fourth-order valence-electron chi connectivity index (χ4n) is 2.52. The van der Waals surface area contributed by atoms with Crippen LogP contribution in [0.2, 0.25) is 0 Å². The highest BCUT2D eigenvalue weighted by Crippen LogP contribution is 2.33. The van der Waals surface area contributed by atoms with Gasteiger partial charge in [-0.25, -0.2) is 0 Å². The second kappa shape index (κ2) is 6.49. The summed E-state index contributed by atoms with van der Waals surface area (Å²) in [7, 11) is 0. The summed E-state index contributed by atoms with van der Waals surface area (Å²) in [6.45, 7) is 4.07. The summed E-state index contributed by atoms with van der Waals surface area (Å²) < 4.78 is 0. The van der Waals surface area contributed by atoms with Crippen LogP contribution in [0.3, 0.4) is 0 Å². The van der Waals surface area contributed by atoms with Gasteiger partial charge in [0.05, 0.1) is 5.69 Å². The first-order valence-corrected chi connectivity index (χ1v) is 7.63. The van der Waals surface area contributed by atoms with Gasteiger partial charge < -0.3 is 5.11 Å². The quantitative estimate of drug-likeness (QED) is 0.643. The zero-order valence-electron chi connectivity index (χ0n) is 13.3. The average molecular weight is 301 g/mol. The molecule has 0 aliphatic heterocycles. The lowest BCUT2D eigenvalue weighted by Crippen LogP contribution is -1.89. The Bertz CT molecular complexity index is 834. The zero-order chi connectivity index (χ0) is 16.2. The molecule has 0 saturated carbocycles. The molecule has 1 N–H and O–H groups in total. The highest BCUT2D eigenvalue weighted by molar-refractivity contribution is 5.90. The molecule has 0 spiro atoms. The molecule has 0 bridgehead atoms. The van der Waals surface area contributed by atoms with E-state index in [1.165, 1.54) is 5.56 Å². The second-order valence-electron chi connectivity index (χ2n) is 5.71. The van der Waals surface area contributed by atoms with Crippen molar-refractivity contribution in [1.29, 1.82) is 0 Å². The molecule has 0 unspecified atom stereocenters. The Balaban J connectivity index is 2.00. The van der Waals surface area contributed by atoms with E-state index in [1.807, 2.05) is 80.6 Å². The molecule has 0 aromatic heterocycles. The van der Waals surface area contributed by atoms with E-state index in [-0.39, 0.29) is 5.75 Å². The smallest absolute Gasteiger partial charge is 0.132 e. The predicted molar refractivity (Wildman–Crippen MR) is 96.7 cm³/mol. The summed E-state index contributed by atoms with van der Waals surface area (Å²) in [5.74, 6) is 0.262. The van der Waals surface area contributed by atoms with Crippen molar-refractivity contribution in [3.8, 4) is 16.9 Å². The summed E-state index contributed by atoms with van der Waals surface area (Å²) in [6.07, 6.45) is 1.72. The number of nitrogens with zero attached hydrogens (tertiary/aromatic N) is 1. The Labute approximate surface area is 136 Å². The third-order valence-corrected chi connectivity index (χ3v) is 3.76. The van der Waals surface area contributed by atoms with Crippen LogP contribution >= 0.6 is 0 Å². The standard InChI is InChI=1S/C21H19NO/c1-15-8-10-19(11-9-15)22-14-18-12-16(2)13-20(21(18)23)17-6-4-3-5-7-17/h3-14,23H,1-2H3. The van der Waals surface area contributed by atoms with Gasteiger partial charge in [0.2, 0.25) is 0 Å². The Morgan fingerprint density at radius 3 is 2.22 bits per heavy atom. The van der Waals surface area contributed by atoms with Crippen LogP contribution in [0, 0.1) is 13.8 Å². The number of rotatable bonds is 3. The molecule has 114 valence electrons. The van der Waals surface area contributed by atoms with Crippen LogP contribution in [0.15, 0.2) is 71.7 Å². The van der Waals surface area contributed by atoms with Crippen molar-refractivity contribution in [1.82, 2.24) is 0 Å². The summed E-state index contributed by atoms with van der Waals surface area (Å²) >= 11 is 0. The van der Waals surface area contributed by atoms with Crippen LogP contribution in [-0.2, 0) is 0 Å². The van der Waals surface area contributed by atoms with Gasteiger partial charge in [-0.3, -0.25) is 4.99 Å². The van der Waals surface area contributed by atoms with Crippen molar-refractivity contribution in [3.63, 3.8) is 0 Å². The van der Waals surface area contributed by atoms with Crippen LogP contribution in [0.5, 0.6) is 5.75 Å². The maximum atomic E-state index is 10.6. The molecule has 3 aromatic rings. The Morgan fingerprint density at radius 1 is 0.826 bits per heavy atom. The third kappa shape index (κ3) is 3.49. The molecular weight excluding hydrogens is 282 g/mol. The van der Waals surface area contributed by atoms with Gasteiger partial charge >= 0.3 is 0 Å². The number of aryl methyl sites for hydroxylation is 2. The minimum Gasteiger partial charge on any atom is -0.507 e. The van der Waals surface area contributed by atoms with Crippen molar-refractivity contribution in [2.45, 2.75) is 13.8 Å². The van der Waals surface area contributed by atoms with E-state index in [1.54, 1.807) is 6.21 Å².